The molecule has 0 saturated carbocycles. The van der Waals surface area contributed by atoms with E-state index in [-0.39, 0.29) is 24.2 Å². The number of sulfonamides is 1. The molecule has 0 atom stereocenters. The number of benzene rings is 2. The van der Waals surface area contributed by atoms with Gasteiger partial charge in [0.2, 0.25) is 15.9 Å². The summed E-state index contributed by atoms with van der Waals surface area (Å²) in [7, 11) is -4.37. The summed E-state index contributed by atoms with van der Waals surface area (Å²) < 4.78 is 50.9. The van der Waals surface area contributed by atoms with Crippen molar-refractivity contribution in [3.8, 4) is 0 Å². The van der Waals surface area contributed by atoms with E-state index in [0.29, 0.717) is 10.6 Å². The molecule has 1 aliphatic heterocycles. The molecule has 30 heavy (non-hydrogen) atoms. The van der Waals surface area contributed by atoms with E-state index in [1.807, 2.05) is 0 Å². The van der Waals surface area contributed by atoms with Crippen LogP contribution in [0.15, 0.2) is 47.4 Å². The van der Waals surface area contributed by atoms with Crippen molar-refractivity contribution in [2.24, 2.45) is 5.14 Å². The summed E-state index contributed by atoms with van der Waals surface area (Å²) in [5, 5.41) is 8.13. The van der Waals surface area contributed by atoms with Crippen LogP contribution < -0.4 is 10.5 Å². The Morgan fingerprint density at radius 2 is 1.90 bits per heavy atom. The van der Waals surface area contributed by atoms with Crippen LogP contribution in [0.2, 0.25) is 5.02 Å². The molecule has 2 aromatic rings. The highest BCUT2D eigenvalue weighted by molar-refractivity contribution is 7.89. The fourth-order valence-electron chi connectivity index (χ4n) is 3.11. The Morgan fingerprint density at radius 1 is 1.20 bits per heavy atom. The lowest BCUT2D eigenvalue weighted by Gasteiger charge is -2.18. The highest BCUT2D eigenvalue weighted by atomic mass is 35.5. The van der Waals surface area contributed by atoms with Crippen LogP contribution in [0.1, 0.15) is 22.3 Å². The van der Waals surface area contributed by atoms with Gasteiger partial charge in [-0.15, -0.1) is 0 Å². The summed E-state index contributed by atoms with van der Waals surface area (Å²) in [6.45, 7) is -1.00. The highest BCUT2D eigenvalue weighted by Gasteiger charge is 2.41. The Hall–Kier alpha value is -2.56. The lowest BCUT2D eigenvalue weighted by atomic mass is 10.1. The molecule has 1 fully saturated rings. The zero-order valence-electron chi connectivity index (χ0n) is 15.6. The van der Waals surface area contributed by atoms with E-state index in [4.69, 9.17) is 16.7 Å². The van der Waals surface area contributed by atoms with Gasteiger partial charge >= 0.3 is 0 Å². The summed E-state index contributed by atoms with van der Waals surface area (Å²) in [5.41, 5.74) is 0.323. The summed E-state index contributed by atoms with van der Waals surface area (Å²) in [6.07, 6.45) is -0.562. The van der Waals surface area contributed by atoms with Gasteiger partial charge in [0.25, 0.3) is 11.8 Å². The molecule has 0 radical (unpaired) electrons. The molecule has 1 aliphatic rings. The quantitative estimate of drug-likeness (QED) is 0.719. The van der Waals surface area contributed by atoms with E-state index in [2.05, 4.69) is 5.32 Å². The molecule has 0 unspecified atom stereocenters. The summed E-state index contributed by atoms with van der Waals surface area (Å²) in [5.74, 6) is -4.36. The largest absolute Gasteiger partial charge is 0.332 e. The van der Waals surface area contributed by atoms with Gasteiger partial charge in [0.05, 0.1) is 23.4 Å². The number of amides is 2. The molecule has 1 saturated heterocycles. The van der Waals surface area contributed by atoms with Gasteiger partial charge in [0, 0.05) is 23.7 Å². The van der Waals surface area contributed by atoms with Crippen molar-refractivity contribution < 1.29 is 26.8 Å². The van der Waals surface area contributed by atoms with Crippen molar-refractivity contribution in [2.45, 2.75) is 23.7 Å². The molecular weight excluding hydrogens is 440 g/mol. The minimum Gasteiger partial charge on any atom is -0.332 e. The SMILES string of the molecule is NS(=O)(=O)c1cc(NC(=O)Cc2ccccc2Cl)ccc1C(=O)N1CCC(F)(F)C1. The minimum absolute atomic E-state index is 0.0616. The Labute approximate surface area is 176 Å². The summed E-state index contributed by atoms with van der Waals surface area (Å²) >= 11 is 6.02. The molecule has 11 heteroatoms. The van der Waals surface area contributed by atoms with Crippen molar-refractivity contribution in [3.63, 3.8) is 0 Å². The number of likely N-dealkylation sites (tertiary alicyclic amines) is 1. The van der Waals surface area contributed by atoms with Crippen molar-refractivity contribution in [3.05, 3.63) is 58.6 Å². The molecule has 160 valence electrons. The third kappa shape index (κ3) is 5.13. The van der Waals surface area contributed by atoms with Gasteiger partial charge in [0.15, 0.2) is 0 Å². The smallest absolute Gasteiger partial charge is 0.267 e. The maximum Gasteiger partial charge on any atom is 0.267 e. The van der Waals surface area contributed by atoms with Gasteiger partial charge in [-0.25, -0.2) is 22.3 Å². The number of halogens is 3. The number of primary sulfonamides is 1. The zero-order valence-corrected chi connectivity index (χ0v) is 17.1. The first-order valence-electron chi connectivity index (χ1n) is 8.83. The summed E-state index contributed by atoms with van der Waals surface area (Å²) in [4.78, 5) is 25.2. The number of alkyl halides is 2. The van der Waals surface area contributed by atoms with E-state index in [1.165, 1.54) is 6.07 Å². The van der Waals surface area contributed by atoms with Gasteiger partial charge in [-0.05, 0) is 29.8 Å². The van der Waals surface area contributed by atoms with Crippen LogP contribution in [0.25, 0.3) is 0 Å². The molecule has 0 aromatic heterocycles. The highest BCUT2D eigenvalue weighted by Crippen LogP contribution is 2.30. The molecule has 3 rings (SSSR count). The maximum atomic E-state index is 13.4. The fraction of sp³-hybridized carbons (Fsp3) is 0.263. The maximum absolute atomic E-state index is 13.4. The lowest BCUT2D eigenvalue weighted by Crippen LogP contribution is -2.33. The molecule has 2 amide bonds. The van der Waals surface area contributed by atoms with Crippen LogP contribution in [-0.2, 0) is 21.2 Å². The first-order valence-corrected chi connectivity index (χ1v) is 10.8. The van der Waals surface area contributed by atoms with Crippen LogP contribution in [0.4, 0.5) is 14.5 Å². The Kier molecular flexibility index (Phi) is 6.11. The number of rotatable bonds is 5. The number of carbonyl (C=O) groups is 2. The predicted octanol–water partition coefficient (Wildman–Crippen LogP) is 2.65. The number of carbonyl (C=O) groups excluding carboxylic acids is 2. The third-order valence-electron chi connectivity index (χ3n) is 4.57. The number of hydrogen-bond acceptors (Lipinski definition) is 4. The second-order valence-electron chi connectivity index (χ2n) is 6.90. The molecule has 1 heterocycles. The van der Waals surface area contributed by atoms with E-state index in [1.54, 1.807) is 24.3 Å². The first kappa shape index (κ1) is 22.1. The average molecular weight is 458 g/mol. The third-order valence-corrected chi connectivity index (χ3v) is 5.89. The van der Waals surface area contributed by atoms with Crippen LogP contribution in [-0.4, -0.2) is 44.1 Å². The van der Waals surface area contributed by atoms with Gasteiger partial charge in [-0.1, -0.05) is 29.8 Å². The molecule has 0 bridgehead atoms. The number of nitrogens with two attached hydrogens (primary N) is 1. The second kappa shape index (κ2) is 8.29. The standard InChI is InChI=1S/C19H18ClF2N3O4S/c20-15-4-2-1-3-12(15)9-17(26)24-13-5-6-14(16(10-13)30(23,28)29)18(27)25-8-7-19(21,22)11-25/h1-6,10H,7-9,11H2,(H,24,26)(H2,23,28,29). The molecule has 0 spiro atoms. The van der Waals surface area contributed by atoms with Crippen molar-refractivity contribution in [1.82, 2.24) is 4.90 Å². The van der Waals surface area contributed by atoms with E-state index in [0.717, 1.165) is 17.0 Å². The van der Waals surface area contributed by atoms with Crippen LogP contribution in [0.3, 0.4) is 0 Å². The van der Waals surface area contributed by atoms with Crippen molar-refractivity contribution >= 4 is 39.1 Å². The monoisotopic (exact) mass is 457 g/mol. The number of nitrogens with one attached hydrogen (secondary N) is 1. The minimum atomic E-state index is -4.37. The molecular formula is C19H18ClF2N3O4S. The van der Waals surface area contributed by atoms with Crippen LogP contribution in [0, 0.1) is 0 Å². The average Bonchev–Trinajstić information content (AvgIpc) is 3.02. The second-order valence-corrected chi connectivity index (χ2v) is 8.84. The van der Waals surface area contributed by atoms with Crippen molar-refractivity contribution in [1.29, 1.82) is 0 Å². The number of hydrogen-bond donors (Lipinski definition) is 2. The predicted molar refractivity (Wildman–Crippen MR) is 107 cm³/mol. The zero-order chi connectivity index (χ0) is 22.1. The van der Waals surface area contributed by atoms with E-state index < -0.39 is 45.6 Å². The number of nitrogens with zero attached hydrogens (tertiary/aromatic N) is 1. The number of anilines is 1. The topological polar surface area (TPSA) is 110 Å². The molecule has 7 nitrogen and oxygen atoms in total. The van der Waals surface area contributed by atoms with Crippen LogP contribution in [0.5, 0.6) is 0 Å². The van der Waals surface area contributed by atoms with Gasteiger partial charge < -0.3 is 10.2 Å². The van der Waals surface area contributed by atoms with Gasteiger partial charge in [0.1, 0.15) is 0 Å². The van der Waals surface area contributed by atoms with Crippen molar-refractivity contribution in [2.75, 3.05) is 18.4 Å². The Morgan fingerprint density at radius 3 is 2.50 bits per heavy atom. The van der Waals surface area contributed by atoms with Gasteiger partial charge in [-0.3, -0.25) is 9.59 Å². The van der Waals surface area contributed by atoms with Gasteiger partial charge in [-0.2, -0.15) is 0 Å². The molecule has 0 aliphatic carbocycles. The molecule has 3 N–H and O–H groups in total. The lowest BCUT2D eigenvalue weighted by molar-refractivity contribution is -0.115. The molecule has 2 aromatic carbocycles. The van der Waals surface area contributed by atoms with E-state index in [9.17, 15) is 26.8 Å². The normalized spacial score (nSPS) is 15.8. The first-order chi connectivity index (χ1) is 14.0. The van der Waals surface area contributed by atoms with Crippen LogP contribution >= 0.6 is 11.6 Å². The Bertz CT molecular complexity index is 1110. The summed E-state index contributed by atoms with van der Waals surface area (Å²) in [6, 6.07) is 10.2. The van der Waals surface area contributed by atoms with E-state index >= 15 is 0 Å². The fourth-order valence-corrected chi connectivity index (χ4v) is 4.07. The Balaban J connectivity index is 1.84.